The molecule has 7 heteroatoms. The maximum atomic E-state index is 13.1. The van der Waals surface area contributed by atoms with Crippen LogP contribution in [0.5, 0.6) is 0 Å². The van der Waals surface area contributed by atoms with Gasteiger partial charge in [0.15, 0.2) is 10.8 Å². The highest BCUT2D eigenvalue weighted by Crippen LogP contribution is 2.19. The smallest absolute Gasteiger partial charge is 0.263 e. The number of rotatable bonds is 6. The lowest BCUT2D eigenvalue weighted by Crippen LogP contribution is -2.25. The summed E-state index contributed by atoms with van der Waals surface area (Å²) in [5, 5.41) is 3.84. The first kappa shape index (κ1) is 19.8. The zero-order valence-electron chi connectivity index (χ0n) is 16.4. The van der Waals surface area contributed by atoms with E-state index >= 15 is 0 Å². The van der Waals surface area contributed by atoms with Crippen molar-refractivity contribution in [1.82, 2.24) is 14.5 Å². The van der Waals surface area contributed by atoms with Gasteiger partial charge in [0.1, 0.15) is 0 Å². The largest absolute Gasteiger partial charge is 0.325 e. The number of benzene rings is 2. The number of thioether (sulfide) groups is 1. The molecule has 2 aromatic carbocycles. The van der Waals surface area contributed by atoms with Gasteiger partial charge in [0.05, 0.1) is 17.7 Å². The van der Waals surface area contributed by atoms with Crippen molar-refractivity contribution in [3.63, 3.8) is 0 Å². The second-order valence-corrected chi connectivity index (χ2v) is 7.74. The molecule has 4 rings (SSSR count). The van der Waals surface area contributed by atoms with Gasteiger partial charge in [-0.25, -0.2) is 9.97 Å². The van der Waals surface area contributed by atoms with E-state index in [4.69, 9.17) is 0 Å². The lowest BCUT2D eigenvalue weighted by atomic mass is 10.2. The fourth-order valence-corrected chi connectivity index (χ4v) is 3.87. The van der Waals surface area contributed by atoms with Crippen LogP contribution in [0.1, 0.15) is 11.1 Å². The maximum absolute atomic E-state index is 13.1. The van der Waals surface area contributed by atoms with Crippen LogP contribution in [0.3, 0.4) is 0 Å². The van der Waals surface area contributed by atoms with Gasteiger partial charge in [-0.15, -0.1) is 0 Å². The number of para-hydroxylation sites is 1. The van der Waals surface area contributed by atoms with Crippen molar-refractivity contribution >= 4 is 34.4 Å². The standard InChI is InChI=1S/C23H20N4O2S/c1-16-8-5-6-12-19(16)25-20(28)15-30-23-26-21-18(11-7-13-24-21)22(29)27(23)14-17-9-3-2-4-10-17/h2-13H,14-15H2,1H3,(H,25,28). The van der Waals surface area contributed by atoms with Crippen molar-refractivity contribution in [2.45, 2.75) is 18.6 Å². The van der Waals surface area contributed by atoms with Crippen molar-refractivity contribution < 1.29 is 4.79 Å². The van der Waals surface area contributed by atoms with Crippen LogP contribution in [0.2, 0.25) is 0 Å². The lowest BCUT2D eigenvalue weighted by Gasteiger charge is -2.13. The predicted octanol–water partition coefficient (Wildman–Crippen LogP) is 3.88. The molecule has 0 fully saturated rings. The van der Waals surface area contributed by atoms with Gasteiger partial charge in [-0.1, -0.05) is 60.3 Å². The second-order valence-electron chi connectivity index (χ2n) is 6.80. The molecule has 4 aromatic rings. The van der Waals surface area contributed by atoms with Crippen LogP contribution in [0, 0.1) is 6.92 Å². The molecule has 0 aliphatic rings. The van der Waals surface area contributed by atoms with Crippen LogP contribution in [0.25, 0.3) is 11.0 Å². The van der Waals surface area contributed by atoms with Crippen molar-refractivity contribution in [1.29, 1.82) is 0 Å². The highest BCUT2D eigenvalue weighted by atomic mass is 32.2. The summed E-state index contributed by atoms with van der Waals surface area (Å²) in [5.74, 6) is -0.0237. The summed E-state index contributed by atoms with van der Waals surface area (Å²) in [4.78, 5) is 34.4. The van der Waals surface area contributed by atoms with Gasteiger partial charge in [-0.2, -0.15) is 0 Å². The lowest BCUT2D eigenvalue weighted by molar-refractivity contribution is -0.113. The Morgan fingerprint density at radius 3 is 2.60 bits per heavy atom. The van der Waals surface area contributed by atoms with E-state index in [1.165, 1.54) is 11.8 Å². The molecule has 0 bridgehead atoms. The number of nitrogens with one attached hydrogen (secondary N) is 1. The Labute approximate surface area is 178 Å². The fourth-order valence-electron chi connectivity index (χ4n) is 3.08. The normalized spacial score (nSPS) is 10.8. The maximum Gasteiger partial charge on any atom is 0.263 e. The minimum Gasteiger partial charge on any atom is -0.325 e. The Balaban J connectivity index is 1.62. The number of carbonyl (C=O) groups excluding carboxylic acids is 1. The summed E-state index contributed by atoms with van der Waals surface area (Å²) in [6.45, 7) is 2.32. The Hall–Kier alpha value is -3.45. The summed E-state index contributed by atoms with van der Waals surface area (Å²) in [6, 6.07) is 20.8. The molecular weight excluding hydrogens is 396 g/mol. The SMILES string of the molecule is Cc1ccccc1NC(=O)CSc1nc2ncccc2c(=O)n1Cc1ccccc1. The zero-order valence-corrected chi connectivity index (χ0v) is 17.2. The summed E-state index contributed by atoms with van der Waals surface area (Å²) in [6.07, 6.45) is 1.61. The van der Waals surface area contributed by atoms with E-state index in [-0.39, 0.29) is 17.2 Å². The summed E-state index contributed by atoms with van der Waals surface area (Å²) in [5.41, 5.74) is 2.96. The van der Waals surface area contributed by atoms with Crippen LogP contribution in [-0.4, -0.2) is 26.2 Å². The number of hydrogen-bond acceptors (Lipinski definition) is 5. The first-order valence-electron chi connectivity index (χ1n) is 9.49. The topological polar surface area (TPSA) is 76.9 Å². The molecule has 2 aromatic heterocycles. The first-order chi connectivity index (χ1) is 14.6. The third-order valence-corrected chi connectivity index (χ3v) is 5.61. The number of aromatic nitrogens is 3. The highest BCUT2D eigenvalue weighted by molar-refractivity contribution is 7.99. The summed E-state index contributed by atoms with van der Waals surface area (Å²) >= 11 is 1.23. The average molecular weight is 417 g/mol. The molecule has 0 atom stereocenters. The molecule has 0 spiro atoms. The first-order valence-corrected chi connectivity index (χ1v) is 10.5. The van der Waals surface area contributed by atoms with Crippen LogP contribution >= 0.6 is 11.8 Å². The number of pyridine rings is 1. The molecule has 0 aliphatic carbocycles. The molecule has 150 valence electrons. The number of hydrogen-bond donors (Lipinski definition) is 1. The van der Waals surface area contributed by atoms with Gasteiger partial charge in [0, 0.05) is 11.9 Å². The van der Waals surface area contributed by atoms with Gasteiger partial charge in [-0.05, 0) is 36.2 Å². The van der Waals surface area contributed by atoms with E-state index < -0.39 is 0 Å². The van der Waals surface area contributed by atoms with Gasteiger partial charge in [-0.3, -0.25) is 14.2 Å². The number of anilines is 1. The van der Waals surface area contributed by atoms with E-state index in [2.05, 4.69) is 15.3 Å². The van der Waals surface area contributed by atoms with E-state index in [1.807, 2.05) is 61.5 Å². The monoisotopic (exact) mass is 416 g/mol. The second kappa shape index (κ2) is 8.92. The molecule has 6 nitrogen and oxygen atoms in total. The summed E-state index contributed by atoms with van der Waals surface area (Å²) < 4.78 is 1.60. The minimum absolute atomic E-state index is 0.133. The van der Waals surface area contributed by atoms with E-state index in [9.17, 15) is 9.59 Å². The Morgan fingerprint density at radius 1 is 1.03 bits per heavy atom. The molecule has 0 aliphatic heterocycles. The molecule has 0 radical (unpaired) electrons. The molecule has 30 heavy (non-hydrogen) atoms. The van der Waals surface area contributed by atoms with Crippen molar-refractivity contribution in [2.75, 3.05) is 11.1 Å². The van der Waals surface area contributed by atoms with Gasteiger partial charge in [0.2, 0.25) is 5.91 Å². The molecule has 0 unspecified atom stereocenters. The molecule has 0 saturated heterocycles. The summed E-state index contributed by atoms with van der Waals surface area (Å²) in [7, 11) is 0. The van der Waals surface area contributed by atoms with Crippen molar-refractivity contribution in [3.05, 3.63) is 94.4 Å². The molecule has 1 N–H and O–H groups in total. The van der Waals surface area contributed by atoms with Gasteiger partial charge < -0.3 is 5.32 Å². The Kier molecular flexibility index (Phi) is 5.90. The van der Waals surface area contributed by atoms with Gasteiger partial charge in [0.25, 0.3) is 5.56 Å². The molecular formula is C23H20N4O2S. The van der Waals surface area contributed by atoms with Crippen LogP contribution in [-0.2, 0) is 11.3 Å². The van der Waals surface area contributed by atoms with Crippen LogP contribution < -0.4 is 10.9 Å². The molecule has 2 heterocycles. The van der Waals surface area contributed by atoms with Crippen LogP contribution in [0.15, 0.2) is 82.9 Å². The zero-order chi connectivity index (χ0) is 20.9. The fraction of sp³-hybridized carbons (Fsp3) is 0.130. The number of carbonyl (C=O) groups is 1. The van der Waals surface area contributed by atoms with Crippen molar-refractivity contribution in [2.24, 2.45) is 0 Å². The minimum atomic E-state index is -0.168. The third-order valence-electron chi connectivity index (χ3n) is 4.63. The van der Waals surface area contributed by atoms with E-state index in [0.717, 1.165) is 16.8 Å². The van der Waals surface area contributed by atoms with Gasteiger partial charge >= 0.3 is 0 Å². The number of nitrogens with zero attached hydrogens (tertiary/aromatic N) is 3. The number of fused-ring (bicyclic) bond motifs is 1. The Morgan fingerprint density at radius 2 is 1.80 bits per heavy atom. The average Bonchev–Trinajstić information content (AvgIpc) is 2.77. The predicted molar refractivity (Wildman–Crippen MR) is 120 cm³/mol. The molecule has 0 saturated carbocycles. The quantitative estimate of drug-likeness (QED) is 0.381. The van der Waals surface area contributed by atoms with Crippen molar-refractivity contribution in [3.8, 4) is 0 Å². The number of aryl methyl sites for hydroxylation is 1. The van der Waals surface area contributed by atoms with Crippen LogP contribution in [0.4, 0.5) is 5.69 Å². The van der Waals surface area contributed by atoms with E-state index in [0.29, 0.717) is 22.7 Å². The number of amides is 1. The van der Waals surface area contributed by atoms with E-state index in [1.54, 1.807) is 22.9 Å². The Bertz CT molecular complexity index is 1260. The highest BCUT2D eigenvalue weighted by Gasteiger charge is 2.14. The molecule has 1 amide bonds. The third kappa shape index (κ3) is 4.41.